The molecule has 1 heterocycles. The number of hydrogen-bond acceptors (Lipinski definition) is 8. The van der Waals surface area contributed by atoms with Gasteiger partial charge < -0.3 is 39.4 Å². The summed E-state index contributed by atoms with van der Waals surface area (Å²) in [6, 6.07) is 4.99. The lowest BCUT2D eigenvalue weighted by Gasteiger charge is -2.40. The first kappa shape index (κ1) is 35.0. The van der Waals surface area contributed by atoms with Gasteiger partial charge in [0.25, 0.3) is 0 Å². The Hall–Kier alpha value is -3.15. The number of nitrogens with zero attached hydrogens (tertiary/aromatic N) is 2. The van der Waals surface area contributed by atoms with Crippen LogP contribution in [0.2, 0.25) is 0 Å². The van der Waals surface area contributed by atoms with E-state index in [-0.39, 0.29) is 24.3 Å². The molecule has 0 bridgehead atoms. The summed E-state index contributed by atoms with van der Waals surface area (Å²) in [5.41, 5.74) is 0.839. The van der Waals surface area contributed by atoms with Crippen molar-refractivity contribution in [3.8, 4) is 11.5 Å². The molecule has 0 radical (unpaired) electrons. The van der Waals surface area contributed by atoms with E-state index >= 15 is 0 Å². The highest BCUT2D eigenvalue weighted by Crippen LogP contribution is 2.29. The van der Waals surface area contributed by atoms with Crippen molar-refractivity contribution in [2.75, 3.05) is 67.3 Å². The number of benzene rings is 1. The fourth-order valence-electron chi connectivity index (χ4n) is 4.56. The van der Waals surface area contributed by atoms with Crippen molar-refractivity contribution in [2.45, 2.75) is 58.5 Å². The van der Waals surface area contributed by atoms with E-state index in [4.69, 9.17) is 18.9 Å². The third kappa shape index (κ3) is 12.8. The molecule has 1 aromatic rings. The molecular formula is C31H50N4O7. The Morgan fingerprint density at radius 2 is 1.86 bits per heavy atom. The largest absolute Gasteiger partial charge is 0.493 e. The lowest BCUT2D eigenvalue weighted by molar-refractivity contribution is -0.135. The fraction of sp³-hybridized carbons (Fsp3) is 0.645. The van der Waals surface area contributed by atoms with Crippen LogP contribution in [0.3, 0.4) is 0 Å². The van der Waals surface area contributed by atoms with E-state index in [9.17, 15) is 14.4 Å². The molecule has 2 N–H and O–H groups in total. The van der Waals surface area contributed by atoms with Crippen LogP contribution in [-0.4, -0.2) is 101 Å². The second kappa shape index (κ2) is 19.9. The number of hydrogen-bond donors (Lipinski definition) is 2. The van der Waals surface area contributed by atoms with Gasteiger partial charge in [-0.1, -0.05) is 32.1 Å². The third-order valence-corrected chi connectivity index (χ3v) is 6.86. The van der Waals surface area contributed by atoms with Crippen molar-refractivity contribution in [2.24, 2.45) is 5.92 Å². The molecule has 1 fully saturated rings. The molecule has 0 saturated carbocycles. The smallest absolute Gasteiger partial charge is 0.415 e. The van der Waals surface area contributed by atoms with Crippen molar-refractivity contribution >= 4 is 17.9 Å². The van der Waals surface area contributed by atoms with Crippen molar-refractivity contribution in [1.82, 2.24) is 20.4 Å². The number of methoxy groups -OCH3 is 2. The van der Waals surface area contributed by atoms with E-state index in [0.717, 1.165) is 24.8 Å². The monoisotopic (exact) mass is 590 g/mol. The Bertz CT molecular complexity index is 1000. The molecule has 1 aromatic carbocycles. The lowest BCUT2D eigenvalue weighted by atomic mass is 10.1. The first-order valence-corrected chi connectivity index (χ1v) is 14.9. The van der Waals surface area contributed by atoms with Crippen molar-refractivity contribution in [3.05, 3.63) is 35.9 Å². The van der Waals surface area contributed by atoms with Crippen LogP contribution in [0.4, 0.5) is 4.79 Å². The van der Waals surface area contributed by atoms with Gasteiger partial charge in [0.2, 0.25) is 11.8 Å². The summed E-state index contributed by atoms with van der Waals surface area (Å²) >= 11 is 0. The summed E-state index contributed by atoms with van der Waals surface area (Å²) in [6.45, 7) is 7.58. The summed E-state index contributed by atoms with van der Waals surface area (Å²) in [4.78, 5) is 41.5. The van der Waals surface area contributed by atoms with Gasteiger partial charge in [0.05, 0.1) is 39.4 Å². The zero-order valence-corrected chi connectivity index (χ0v) is 26.0. The summed E-state index contributed by atoms with van der Waals surface area (Å²) in [5.74, 6) is 1.24. The number of amides is 3. The van der Waals surface area contributed by atoms with Gasteiger partial charge in [0.15, 0.2) is 11.5 Å². The standard InChI is InChI=1S/C31H50N4O7/c1-24(2)10-8-6-7-9-11-29(36)33-21-25-12-13-27(28(20-25)40-5)42-31(38)35-16-15-34(23-26(35)22-32-3)30(37)14-17-41-19-18-39-4/h8,10,12-13,20,24,26,32H,6-7,9,11,14-19,21-23H2,1-5H3,(H,33,36)/b10-8+. The van der Waals surface area contributed by atoms with Gasteiger partial charge in [-0.05, 0) is 49.9 Å². The lowest BCUT2D eigenvalue weighted by Crippen LogP contribution is -2.59. The Labute approximate surface area is 250 Å². The maximum atomic E-state index is 13.2. The Morgan fingerprint density at radius 1 is 1.05 bits per heavy atom. The minimum Gasteiger partial charge on any atom is -0.493 e. The van der Waals surface area contributed by atoms with E-state index in [0.29, 0.717) is 76.4 Å². The molecule has 1 atom stereocenters. The van der Waals surface area contributed by atoms with Crippen LogP contribution in [0.1, 0.15) is 51.5 Å². The normalized spacial score (nSPS) is 15.3. The van der Waals surface area contributed by atoms with Gasteiger partial charge >= 0.3 is 6.09 Å². The molecule has 3 amide bonds. The SMILES string of the molecule is CNCC1CN(C(=O)CCOCCOC)CCN1C(=O)Oc1ccc(CNC(=O)CCCC/C=C/C(C)C)cc1OC. The molecule has 0 aliphatic carbocycles. The third-order valence-electron chi connectivity index (χ3n) is 6.86. The van der Waals surface area contributed by atoms with E-state index in [1.54, 1.807) is 42.2 Å². The highest BCUT2D eigenvalue weighted by Gasteiger charge is 2.33. The number of carbonyl (C=O) groups is 3. The van der Waals surface area contributed by atoms with Gasteiger partial charge in [-0.2, -0.15) is 0 Å². The molecule has 1 unspecified atom stereocenters. The molecule has 0 aromatic heterocycles. The number of allylic oxidation sites excluding steroid dienone is 2. The molecular weight excluding hydrogens is 540 g/mol. The average Bonchev–Trinajstić information content (AvgIpc) is 2.98. The number of nitrogens with one attached hydrogen (secondary N) is 2. The molecule has 11 heteroatoms. The first-order chi connectivity index (χ1) is 20.3. The van der Waals surface area contributed by atoms with Crippen molar-refractivity contribution < 1.29 is 33.3 Å². The minimum atomic E-state index is -0.507. The average molecular weight is 591 g/mol. The van der Waals surface area contributed by atoms with E-state index in [1.807, 2.05) is 0 Å². The maximum absolute atomic E-state index is 13.2. The van der Waals surface area contributed by atoms with Crippen LogP contribution in [0.5, 0.6) is 11.5 Å². The molecule has 1 aliphatic rings. The van der Waals surface area contributed by atoms with Crippen LogP contribution < -0.4 is 20.1 Å². The predicted molar refractivity (Wildman–Crippen MR) is 162 cm³/mol. The molecule has 0 spiro atoms. The van der Waals surface area contributed by atoms with Crippen molar-refractivity contribution in [1.29, 1.82) is 0 Å². The number of rotatable bonds is 18. The van der Waals surface area contributed by atoms with Crippen LogP contribution in [-0.2, 0) is 25.6 Å². The van der Waals surface area contributed by atoms with E-state index < -0.39 is 6.09 Å². The molecule has 11 nitrogen and oxygen atoms in total. The first-order valence-electron chi connectivity index (χ1n) is 14.9. The Balaban J connectivity index is 1.87. The number of unbranched alkanes of at least 4 members (excludes halogenated alkanes) is 2. The highest BCUT2D eigenvalue weighted by atomic mass is 16.6. The quantitative estimate of drug-likeness (QED) is 0.197. The summed E-state index contributed by atoms with van der Waals surface area (Å²) in [5, 5.41) is 6.05. The van der Waals surface area contributed by atoms with Crippen LogP contribution in [0.25, 0.3) is 0 Å². The van der Waals surface area contributed by atoms with Crippen LogP contribution >= 0.6 is 0 Å². The van der Waals surface area contributed by atoms with Crippen LogP contribution in [0.15, 0.2) is 30.4 Å². The van der Waals surface area contributed by atoms with E-state index in [2.05, 4.69) is 36.6 Å². The maximum Gasteiger partial charge on any atom is 0.415 e. The molecule has 1 aliphatic heterocycles. The number of likely N-dealkylation sites (N-methyl/N-ethyl adjacent to an activating group) is 1. The molecule has 1 saturated heterocycles. The zero-order valence-electron chi connectivity index (χ0n) is 26.0. The van der Waals surface area contributed by atoms with Crippen molar-refractivity contribution in [3.63, 3.8) is 0 Å². The zero-order chi connectivity index (χ0) is 30.7. The van der Waals surface area contributed by atoms with Gasteiger partial charge in [-0.25, -0.2) is 4.79 Å². The molecule has 236 valence electrons. The topological polar surface area (TPSA) is 119 Å². The van der Waals surface area contributed by atoms with Gasteiger partial charge in [0, 0.05) is 46.3 Å². The van der Waals surface area contributed by atoms with Gasteiger partial charge in [-0.15, -0.1) is 0 Å². The number of carbonyl (C=O) groups excluding carboxylic acids is 3. The summed E-state index contributed by atoms with van der Waals surface area (Å²) in [6.07, 6.45) is 7.42. The highest BCUT2D eigenvalue weighted by molar-refractivity contribution is 5.77. The fourth-order valence-corrected chi connectivity index (χ4v) is 4.56. The Kier molecular flexibility index (Phi) is 16.6. The molecule has 2 rings (SSSR count). The van der Waals surface area contributed by atoms with Gasteiger partial charge in [-0.3, -0.25) is 9.59 Å². The van der Waals surface area contributed by atoms with E-state index in [1.165, 1.54) is 7.11 Å². The number of piperazine rings is 1. The van der Waals surface area contributed by atoms with Crippen LogP contribution in [0, 0.1) is 5.92 Å². The summed E-state index contributed by atoms with van der Waals surface area (Å²) in [7, 11) is 4.92. The predicted octanol–water partition coefficient (Wildman–Crippen LogP) is 3.37. The molecule has 42 heavy (non-hydrogen) atoms. The second-order valence-corrected chi connectivity index (χ2v) is 10.6. The second-order valence-electron chi connectivity index (χ2n) is 10.6. The minimum absolute atomic E-state index is 0.00382. The number of ether oxygens (including phenoxy) is 4. The Morgan fingerprint density at radius 3 is 2.57 bits per heavy atom. The summed E-state index contributed by atoms with van der Waals surface area (Å²) < 4.78 is 21.6. The van der Waals surface area contributed by atoms with Gasteiger partial charge in [0.1, 0.15) is 0 Å².